The molecular weight excluding hydrogens is 554 g/mol. The molecule has 0 aliphatic heterocycles. The van der Waals surface area contributed by atoms with Gasteiger partial charge in [-0.15, -0.1) is 0 Å². The van der Waals surface area contributed by atoms with E-state index in [4.69, 9.17) is 14.2 Å². The molecule has 0 spiro atoms. The highest BCUT2D eigenvalue weighted by molar-refractivity contribution is 9.10. The van der Waals surface area contributed by atoms with Gasteiger partial charge in [-0.05, 0) is 79.6 Å². The lowest BCUT2D eigenvalue weighted by atomic mass is 10.2. The lowest BCUT2D eigenvalue weighted by Crippen LogP contribution is -2.34. The summed E-state index contributed by atoms with van der Waals surface area (Å²) < 4.78 is 17.5. The van der Waals surface area contributed by atoms with E-state index in [0.717, 1.165) is 10.9 Å². The van der Waals surface area contributed by atoms with E-state index in [2.05, 4.69) is 31.8 Å². The van der Waals surface area contributed by atoms with E-state index in [1.54, 1.807) is 66.7 Å². The number of nitrogens with one attached hydrogen (secondary N) is 2. The standard InChI is InChI=1S/C28H28BrN3O6/c1-3-14-37-23-11-9-20(10-12-23)28(35)38-24-13-8-19(15-25(24)36-4-2)17-31-32-26(33)18-30-27(34)21-6-5-7-22(29)16-21/h5-13,15-17H,3-4,14,18H2,1-2H3,(H,30,34)(H,32,33). The quantitative estimate of drug-likeness (QED) is 0.138. The van der Waals surface area contributed by atoms with E-state index in [-0.39, 0.29) is 18.2 Å². The molecule has 3 aromatic carbocycles. The van der Waals surface area contributed by atoms with Gasteiger partial charge in [0, 0.05) is 10.0 Å². The smallest absolute Gasteiger partial charge is 0.343 e. The summed E-state index contributed by atoms with van der Waals surface area (Å²) in [6, 6.07) is 18.4. The number of carbonyl (C=O) groups is 3. The molecule has 0 unspecified atom stereocenters. The molecule has 0 heterocycles. The molecule has 2 N–H and O–H groups in total. The lowest BCUT2D eigenvalue weighted by molar-refractivity contribution is -0.120. The normalized spacial score (nSPS) is 10.6. The number of hydrogen-bond acceptors (Lipinski definition) is 7. The molecule has 9 nitrogen and oxygen atoms in total. The summed E-state index contributed by atoms with van der Waals surface area (Å²) in [5.41, 5.74) is 3.76. The van der Waals surface area contributed by atoms with Crippen molar-refractivity contribution in [1.29, 1.82) is 0 Å². The summed E-state index contributed by atoms with van der Waals surface area (Å²) in [4.78, 5) is 36.8. The topological polar surface area (TPSA) is 115 Å². The highest BCUT2D eigenvalue weighted by Crippen LogP contribution is 2.29. The van der Waals surface area contributed by atoms with Gasteiger partial charge in [-0.3, -0.25) is 9.59 Å². The molecule has 198 valence electrons. The Morgan fingerprint density at radius 2 is 1.71 bits per heavy atom. The molecule has 0 fully saturated rings. The minimum atomic E-state index is -0.536. The van der Waals surface area contributed by atoms with Crippen LogP contribution in [-0.4, -0.2) is 43.8 Å². The fourth-order valence-electron chi connectivity index (χ4n) is 3.13. The number of benzene rings is 3. The zero-order valence-corrected chi connectivity index (χ0v) is 22.6. The maximum absolute atomic E-state index is 12.6. The first kappa shape index (κ1) is 28.4. The Morgan fingerprint density at radius 3 is 2.42 bits per heavy atom. The monoisotopic (exact) mass is 581 g/mol. The van der Waals surface area contributed by atoms with Gasteiger partial charge in [-0.25, -0.2) is 10.2 Å². The third-order valence-electron chi connectivity index (χ3n) is 4.93. The fraction of sp³-hybridized carbons (Fsp3) is 0.214. The molecule has 0 aliphatic rings. The molecule has 2 amide bonds. The Labute approximate surface area is 229 Å². The third kappa shape index (κ3) is 8.74. The predicted octanol–water partition coefficient (Wildman–Crippen LogP) is 4.74. The maximum atomic E-state index is 12.6. The van der Waals surface area contributed by atoms with Crippen LogP contribution in [0.3, 0.4) is 0 Å². The zero-order valence-electron chi connectivity index (χ0n) is 21.0. The van der Waals surface area contributed by atoms with E-state index >= 15 is 0 Å². The number of halogens is 1. The second-order valence-corrected chi connectivity index (χ2v) is 8.80. The number of carbonyl (C=O) groups excluding carboxylic acids is 3. The molecular formula is C28H28BrN3O6. The van der Waals surface area contributed by atoms with Gasteiger partial charge in [0.25, 0.3) is 11.8 Å². The third-order valence-corrected chi connectivity index (χ3v) is 5.43. The van der Waals surface area contributed by atoms with Gasteiger partial charge in [0.1, 0.15) is 5.75 Å². The van der Waals surface area contributed by atoms with Crippen LogP contribution in [0.2, 0.25) is 0 Å². The Balaban J connectivity index is 1.56. The van der Waals surface area contributed by atoms with Gasteiger partial charge in [-0.2, -0.15) is 5.10 Å². The van der Waals surface area contributed by atoms with Crippen LogP contribution < -0.4 is 25.0 Å². The van der Waals surface area contributed by atoms with Crippen LogP contribution in [0.1, 0.15) is 46.5 Å². The Morgan fingerprint density at radius 1 is 0.921 bits per heavy atom. The fourth-order valence-corrected chi connectivity index (χ4v) is 3.53. The molecule has 10 heteroatoms. The van der Waals surface area contributed by atoms with Gasteiger partial charge in [0.15, 0.2) is 11.5 Å². The van der Waals surface area contributed by atoms with Crippen molar-refractivity contribution >= 4 is 39.9 Å². The largest absolute Gasteiger partial charge is 0.494 e. The molecule has 0 aromatic heterocycles. The molecule has 38 heavy (non-hydrogen) atoms. The number of hydrogen-bond donors (Lipinski definition) is 2. The number of esters is 1. The van der Waals surface area contributed by atoms with Crippen molar-refractivity contribution in [2.24, 2.45) is 5.10 Å². The minimum Gasteiger partial charge on any atom is -0.494 e. The van der Waals surface area contributed by atoms with Crippen molar-refractivity contribution in [3.8, 4) is 17.2 Å². The number of nitrogens with zero attached hydrogens (tertiary/aromatic N) is 1. The van der Waals surface area contributed by atoms with Crippen LogP contribution in [-0.2, 0) is 4.79 Å². The number of hydrazone groups is 1. The average molecular weight is 582 g/mol. The molecule has 0 radical (unpaired) electrons. The summed E-state index contributed by atoms with van der Waals surface area (Å²) in [6.07, 6.45) is 2.31. The van der Waals surface area contributed by atoms with Gasteiger partial charge in [0.05, 0.1) is 31.5 Å². The molecule has 0 saturated heterocycles. The first-order valence-electron chi connectivity index (χ1n) is 12.0. The Kier molecular flexibility index (Phi) is 10.9. The summed E-state index contributed by atoms with van der Waals surface area (Å²) >= 11 is 3.30. The second-order valence-electron chi connectivity index (χ2n) is 7.89. The van der Waals surface area contributed by atoms with Crippen molar-refractivity contribution in [3.63, 3.8) is 0 Å². The van der Waals surface area contributed by atoms with Crippen LogP contribution in [0.4, 0.5) is 0 Å². The van der Waals surface area contributed by atoms with Crippen LogP contribution in [0.5, 0.6) is 17.2 Å². The first-order valence-corrected chi connectivity index (χ1v) is 12.8. The molecule has 0 saturated carbocycles. The van der Waals surface area contributed by atoms with E-state index < -0.39 is 11.9 Å². The molecule has 3 aromatic rings. The van der Waals surface area contributed by atoms with E-state index in [1.807, 2.05) is 13.8 Å². The highest BCUT2D eigenvalue weighted by atomic mass is 79.9. The van der Waals surface area contributed by atoms with Crippen LogP contribution in [0.25, 0.3) is 0 Å². The van der Waals surface area contributed by atoms with Crippen molar-refractivity contribution in [2.75, 3.05) is 19.8 Å². The number of rotatable bonds is 12. The van der Waals surface area contributed by atoms with E-state index in [0.29, 0.717) is 41.4 Å². The summed E-state index contributed by atoms with van der Waals surface area (Å²) in [5.74, 6) is -0.128. The summed E-state index contributed by atoms with van der Waals surface area (Å²) in [5, 5.41) is 6.45. The summed E-state index contributed by atoms with van der Waals surface area (Å²) in [6.45, 7) is 4.54. The number of ether oxygens (including phenoxy) is 3. The van der Waals surface area contributed by atoms with E-state index in [9.17, 15) is 14.4 Å². The van der Waals surface area contributed by atoms with Crippen molar-refractivity contribution < 1.29 is 28.6 Å². The van der Waals surface area contributed by atoms with Gasteiger partial charge >= 0.3 is 5.97 Å². The Bertz CT molecular complexity index is 1290. The maximum Gasteiger partial charge on any atom is 0.343 e. The minimum absolute atomic E-state index is 0.243. The highest BCUT2D eigenvalue weighted by Gasteiger charge is 2.14. The van der Waals surface area contributed by atoms with Crippen molar-refractivity contribution in [1.82, 2.24) is 10.7 Å². The van der Waals surface area contributed by atoms with Crippen LogP contribution in [0, 0.1) is 0 Å². The van der Waals surface area contributed by atoms with Crippen LogP contribution in [0.15, 0.2) is 76.3 Å². The SMILES string of the molecule is CCCOc1ccc(C(=O)Oc2ccc(C=NNC(=O)CNC(=O)c3cccc(Br)c3)cc2OCC)cc1. The van der Waals surface area contributed by atoms with Crippen LogP contribution >= 0.6 is 15.9 Å². The molecule has 3 rings (SSSR count). The van der Waals surface area contributed by atoms with Crippen molar-refractivity contribution in [3.05, 3.63) is 87.9 Å². The van der Waals surface area contributed by atoms with Gasteiger partial charge in [0.2, 0.25) is 0 Å². The van der Waals surface area contributed by atoms with Gasteiger partial charge in [-0.1, -0.05) is 28.9 Å². The predicted molar refractivity (Wildman–Crippen MR) is 147 cm³/mol. The van der Waals surface area contributed by atoms with Gasteiger partial charge < -0.3 is 19.5 Å². The average Bonchev–Trinajstić information content (AvgIpc) is 2.92. The Hall–Kier alpha value is -4.18. The van der Waals surface area contributed by atoms with E-state index in [1.165, 1.54) is 6.21 Å². The molecule has 0 aliphatic carbocycles. The number of amides is 2. The lowest BCUT2D eigenvalue weighted by Gasteiger charge is -2.12. The molecule has 0 atom stereocenters. The second kappa shape index (κ2) is 14.5. The molecule has 0 bridgehead atoms. The first-order chi connectivity index (χ1) is 18.4. The zero-order chi connectivity index (χ0) is 27.3. The summed E-state index contributed by atoms with van der Waals surface area (Å²) in [7, 11) is 0. The van der Waals surface area contributed by atoms with Crippen molar-refractivity contribution in [2.45, 2.75) is 20.3 Å².